The zero-order valence-electron chi connectivity index (χ0n) is 14.8. The van der Waals surface area contributed by atoms with E-state index in [0.29, 0.717) is 28.9 Å². The summed E-state index contributed by atoms with van der Waals surface area (Å²) in [6.45, 7) is 2.99. The second kappa shape index (κ2) is 9.73. The quantitative estimate of drug-likeness (QED) is 0.324. The van der Waals surface area contributed by atoms with Crippen LogP contribution in [-0.4, -0.2) is 0 Å². The Morgan fingerprint density at radius 1 is 0.929 bits per heavy atom. The van der Waals surface area contributed by atoms with Crippen LogP contribution in [0.5, 0.6) is 5.75 Å². The normalized spacial score (nSPS) is 10.8. The molecule has 0 aromatic heterocycles. The van der Waals surface area contributed by atoms with Gasteiger partial charge in [0, 0.05) is 32.9 Å². The van der Waals surface area contributed by atoms with Gasteiger partial charge in [0.2, 0.25) is 0 Å². The molecule has 0 unspecified atom stereocenters. The number of ether oxygens (including phenoxy) is 1. The third-order valence-electron chi connectivity index (χ3n) is 4.20. The van der Waals surface area contributed by atoms with E-state index in [1.54, 1.807) is 12.1 Å². The van der Waals surface area contributed by atoms with Gasteiger partial charge in [0.15, 0.2) is 0 Å². The Balaban J connectivity index is 1.71. The van der Waals surface area contributed by atoms with E-state index in [4.69, 9.17) is 39.5 Å². The zero-order valence-corrected chi connectivity index (χ0v) is 20.3. The first-order chi connectivity index (χ1) is 13.3. The lowest BCUT2D eigenvalue weighted by Crippen LogP contribution is -2.03. The van der Waals surface area contributed by atoms with Gasteiger partial charge in [-0.3, -0.25) is 0 Å². The van der Waals surface area contributed by atoms with Crippen LogP contribution in [0.15, 0.2) is 57.5 Å². The van der Waals surface area contributed by atoms with E-state index in [1.165, 1.54) is 0 Å². The first kappa shape index (κ1) is 21.8. The maximum absolute atomic E-state index is 6.22. The van der Waals surface area contributed by atoms with Gasteiger partial charge in [0.1, 0.15) is 12.4 Å². The number of benzene rings is 3. The summed E-state index contributed by atoms with van der Waals surface area (Å²) in [6, 6.07) is 15.2. The first-order valence-electron chi connectivity index (χ1n) is 8.39. The van der Waals surface area contributed by atoms with Crippen LogP contribution in [0.2, 0.25) is 15.1 Å². The standard InChI is InChI=1S/C21H16Br2Cl3NO/c1-12-18(25)3-2-4-20(12)27-10-13-7-16(22)21(17(23)8-13)28-11-14-5-6-15(24)9-19(14)26/h2-9,27H,10-11H2,1H3. The Bertz CT molecular complexity index is 988. The second-order valence-electron chi connectivity index (χ2n) is 6.18. The van der Waals surface area contributed by atoms with Crippen molar-refractivity contribution in [3.8, 4) is 5.75 Å². The third-order valence-corrected chi connectivity index (χ3v) is 6.37. The van der Waals surface area contributed by atoms with Gasteiger partial charge in [-0.1, -0.05) is 46.9 Å². The van der Waals surface area contributed by atoms with Crippen LogP contribution >= 0.6 is 66.7 Å². The van der Waals surface area contributed by atoms with Gasteiger partial charge in [0.05, 0.1) is 8.95 Å². The molecule has 146 valence electrons. The Morgan fingerprint density at radius 3 is 2.32 bits per heavy atom. The molecule has 0 amide bonds. The van der Waals surface area contributed by atoms with E-state index in [9.17, 15) is 0 Å². The first-order valence-corrected chi connectivity index (χ1v) is 11.1. The highest BCUT2D eigenvalue weighted by molar-refractivity contribution is 9.11. The van der Waals surface area contributed by atoms with Crippen molar-refractivity contribution in [3.63, 3.8) is 0 Å². The Kier molecular flexibility index (Phi) is 7.57. The molecule has 2 nitrogen and oxygen atoms in total. The lowest BCUT2D eigenvalue weighted by molar-refractivity contribution is 0.302. The van der Waals surface area contributed by atoms with E-state index in [2.05, 4.69) is 37.2 Å². The van der Waals surface area contributed by atoms with E-state index < -0.39 is 0 Å². The van der Waals surface area contributed by atoms with Crippen molar-refractivity contribution >= 4 is 72.4 Å². The average molecular weight is 565 g/mol. The van der Waals surface area contributed by atoms with Crippen molar-refractivity contribution in [3.05, 3.63) is 89.2 Å². The number of nitrogens with one attached hydrogen (secondary N) is 1. The van der Waals surface area contributed by atoms with E-state index >= 15 is 0 Å². The molecule has 7 heteroatoms. The van der Waals surface area contributed by atoms with Crippen molar-refractivity contribution in [1.82, 2.24) is 0 Å². The fourth-order valence-electron chi connectivity index (χ4n) is 2.64. The molecule has 0 radical (unpaired) electrons. The molecule has 0 atom stereocenters. The molecule has 3 aromatic carbocycles. The van der Waals surface area contributed by atoms with Crippen LogP contribution in [0.3, 0.4) is 0 Å². The summed E-state index contributed by atoms with van der Waals surface area (Å²) in [5.41, 5.74) is 4.00. The highest BCUT2D eigenvalue weighted by Crippen LogP contribution is 2.36. The fourth-order valence-corrected chi connectivity index (χ4v) is 4.79. The summed E-state index contributed by atoms with van der Waals surface area (Å²) in [5.74, 6) is 0.716. The van der Waals surface area contributed by atoms with Gasteiger partial charge in [-0.25, -0.2) is 0 Å². The maximum atomic E-state index is 6.22. The molecule has 3 rings (SSSR count). The predicted molar refractivity (Wildman–Crippen MR) is 126 cm³/mol. The largest absolute Gasteiger partial charge is 0.486 e. The van der Waals surface area contributed by atoms with Gasteiger partial charge in [-0.2, -0.15) is 0 Å². The molecule has 0 saturated heterocycles. The summed E-state index contributed by atoms with van der Waals surface area (Å²) in [4.78, 5) is 0. The number of hydrogen-bond acceptors (Lipinski definition) is 2. The Labute approximate surface area is 196 Å². The molecule has 1 N–H and O–H groups in total. The lowest BCUT2D eigenvalue weighted by atomic mass is 10.1. The molecule has 3 aromatic rings. The van der Waals surface area contributed by atoms with Crippen LogP contribution in [0.4, 0.5) is 5.69 Å². The zero-order chi connectivity index (χ0) is 20.3. The fraction of sp³-hybridized carbons (Fsp3) is 0.143. The molecular formula is C21H16Br2Cl3NO. The van der Waals surface area contributed by atoms with E-state index in [0.717, 1.165) is 36.3 Å². The molecule has 0 fully saturated rings. The van der Waals surface area contributed by atoms with Gasteiger partial charge < -0.3 is 10.1 Å². The molecule has 0 bridgehead atoms. The maximum Gasteiger partial charge on any atom is 0.148 e. The molecule has 0 aliphatic rings. The van der Waals surface area contributed by atoms with Crippen LogP contribution in [0, 0.1) is 6.92 Å². The molecule has 0 aliphatic heterocycles. The second-order valence-corrected chi connectivity index (χ2v) is 9.14. The van der Waals surface area contributed by atoms with Crippen LogP contribution in [-0.2, 0) is 13.2 Å². The number of hydrogen-bond donors (Lipinski definition) is 1. The minimum Gasteiger partial charge on any atom is -0.486 e. The number of halogens is 5. The van der Waals surface area contributed by atoms with Gasteiger partial charge >= 0.3 is 0 Å². The average Bonchev–Trinajstić information content (AvgIpc) is 2.64. The summed E-state index contributed by atoms with van der Waals surface area (Å²) >= 11 is 25.5. The molecular weight excluding hydrogens is 548 g/mol. The topological polar surface area (TPSA) is 21.3 Å². The molecule has 0 spiro atoms. The monoisotopic (exact) mass is 561 g/mol. The summed E-state index contributed by atoms with van der Waals surface area (Å²) in [5, 5.41) is 5.35. The van der Waals surface area contributed by atoms with E-state index in [-0.39, 0.29) is 0 Å². The van der Waals surface area contributed by atoms with E-state index in [1.807, 2.05) is 43.3 Å². The van der Waals surface area contributed by atoms with Crippen LogP contribution in [0.25, 0.3) is 0 Å². The van der Waals surface area contributed by atoms with Crippen molar-refractivity contribution < 1.29 is 4.74 Å². The number of rotatable bonds is 6. The molecule has 0 heterocycles. The highest BCUT2D eigenvalue weighted by Gasteiger charge is 2.11. The Hall–Kier alpha value is -0.910. The van der Waals surface area contributed by atoms with Crippen molar-refractivity contribution in [2.24, 2.45) is 0 Å². The highest BCUT2D eigenvalue weighted by atomic mass is 79.9. The summed E-state index contributed by atoms with van der Waals surface area (Å²) in [7, 11) is 0. The van der Waals surface area contributed by atoms with Crippen molar-refractivity contribution in [2.45, 2.75) is 20.1 Å². The van der Waals surface area contributed by atoms with Crippen LogP contribution < -0.4 is 10.1 Å². The summed E-state index contributed by atoms with van der Waals surface area (Å²) < 4.78 is 7.67. The number of anilines is 1. The smallest absolute Gasteiger partial charge is 0.148 e. The van der Waals surface area contributed by atoms with Gasteiger partial charge in [-0.15, -0.1) is 0 Å². The van der Waals surface area contributed by atoms with Crippen LogP contribution in [0.1, 0.15) is 16.7 Å². The van der Waals surface area contributed by atoms with Gasteiger partial charge in [-0.05, 0) is 86.3 Å². The molecule has 28 heavy (non-hydrogen) atoms. The SMILES string of the molecule is Cc1c(Cl)cccc1NCc1cc(Br)c(OCc2ccc(Cl)cc2Cl)c(Br)c1. The predicted octanol–water partition coefficient (Wildman–Crippen LogP) is 8.67. The van der Waals surface area contributed by atoms with Crippen molar-refractivity contribution in [2.75, 3.05) is 5.32 Å². The minimum absolute atomic E-state index is 0.340. The molecule has 0 aliphatic carbocycles. The van der Waals surface area contributed by atoms with Crippen molar-refractivity contribution in [1.29, 1.82) is 0 Å². The minimum atomic E-state index is 0.340. The molecule has 0 saturated carbocycles. The lowest BCUT2D eigenvalue weighted by Gasteiger charge is -2.15. The summed E-state index contributed by atoms with van der Waals surface area (Å²) in [6.07, 6.45) is 0. The Morgan fingerprint density at radius 2 is 1.64 bits per heavy atom. The van der Waals surface area contributed by atoms with Gasteiger partial charge in [0.25, 0.3) is 0 Å². The third kappa shape index (κ3) is 5.37.